The zero-order valence-corrected chi connectivity index (χ0v) is 12.9. The molecule has 0 spiro atoms. The number of ether oxygens (including phenoxy) is 1. The first-order chi connectivity index (χ1) is 10.4. The molecule has 1 aliphatic heterocycles. The van der Waals surface area contributed by atoms with E-state index in [0.29, 0.717) is 11.4 Å². The quantitative estimate of drug-likeness (QED) is 0.463. The highest BCUT2D eigenvalue weighted by Gasteiger charge is 2.45. The molecule has 0 bridgehead atoms. The molecule has 6 N–H and O–H groups in total. The number of aliphatic hydroxyl groups is 3. The summed E-state index contributed by atoms with van der Waals surface area (Å²) in [5, 5.41) is 31.5. The van der Waals surface area contributed by atoms with Crippen LogP contribution in [-0.4, -0.2) is 56.8 Å². The number of nitrogens with two attached hydrogens (primary N) is 1. The number of hydrogen-bond donors (Lipinski definition) is 5. The van der Waals surface area contributed by atoms with Gasteiger partial charge in [0.2, 0.25) is 5.91 Å². The fourth-order valence-electron chi connectivity index (χ4n) is 2.25. The summed E-state index contributed by atoms with van der Waals surface area (Å²) in [6.45, 7) is 1.01. The number of carbonyl (C=O) groups excluding carboxylic acids is 1. The van der Waals surface area contributed by atoms with Crippen LogP contribution in [0.1, 0.15) is 6.92 Å². The van der Waals surface area contributed by atoms with Crippen molar-refractivity contribution in [2.75, 3.05) is 12.3 Å². The fraction of sp³-hybridized carbons (Fsp3) is 0.500. The van der Waals surface area contributed by atoms with Crippen molar-refractivity contribution < 1.29 is 24.9 Å². The molecule has 0 aliphatic carbocycles. The standard InChI is InChI=1S/C14H20N2O5S/c1-7(18)16-11-13(20)12(19)10(6-17)22-14(11)21-9-4-2-8(15)3-5-9/h2-5,10-14,17,19-20H,6,15H2,1H3,(H,16,18)/t10-,11-,12-,13-,14-/m1/s1. The molecule has 1 heterocycles. The Morgan fingerprint density at radius 1 is 1.32 bits per heavy atom. The lowest BCUT2D eigenvalue weighted by Gasteiger charge is -2.41. The van der Waals surface area contributed by atoms with E-state index in [1.165, 1.54) is 6.92 Å². The number of hydrogen-bond acceptors (Lipinski definition) is 7. The van der Waals surface area contributed by atoms with E-state index < -0.39 is 28.9 Å². The molecule has 0 aromatic heterocycles. The van der Waals surface area contributed by atoms with Crippen LogP contribution in [0, 0.1) is 0 Å². The zero-order valence-electron chi connectivity index (χ0n) is 12.0. The van der Waals surface area contributed by atoms with Gasteiger partial charge in [0.05, 0.1) is 18.0 Å². The molecule has 7 nitrogen and oxygen atoms in total. The molecule has 1 aliphatic rings. The summed E-state index contributed by atoms with van der Waals surface area (Å²) in [7, 11) is 0. The topological polar surface area (TPSA) is 125 Å². The Labute approximate surface area is 132 Å². The molecule has 1 amide bonds. The molecule has 1 saturated heterocycles. The van der Waals surface area contributed by atoms with Crippen LogP contribution >= 0.6 is 11.8 Å². The van der Waals surface area contributed by atoms with Gasteiger partial charge in [-0.05, 0) is 24.3 Å². The molecule has 0 saturated carbocycles. The second-order valence-corrected chi connectivity index (χ2v) is 6.46. The van der Waals surface area contributed by atoms with E-state index in [1.807, 2.05) is 0 Å². The van der Waals surface area contributed by atoms with Crippen LogP contribution in [-0.2, 0) is 4.79 Å². The molecular weight excluding hydrogens is 308 g/mol. The van der Waals surface area contributed by atoms with Crippen molar-refractivity contribution in [3.63, 3.8) is 0 Å². The van der Waals surface area contributed by atoms with Gasteiger partial charge in [-0.15, -0.1) is 11.8 Å². The molecule has 1 aromatic rings. The maximum absolute atomic E-state index is 11.3. The second kappa shape index (κ2) is 7.19. The molecule has 1 fully saturated rings. The average molecular weight is 328 g/mol. The second-order valence-electron chi connectivity index (χ2n) is 5.12. The summed E-state index contributed by atoms with van der Waals surface area (Å²) < 4.78 is 5.79. The maximum atomic E-state index is 11.3. The monoisotopic (exact) mass is 328 g/mol. The van der Waals surface area contributed by atoms with Crippen LogP contribution in [0.3, 0.4) is 0 Å². The lowest BCUT2D eigenvalue weighted by Crippen LogP contribution is -2.61. The normalized spacial score (nSPS) is 31.5. The Kier molecular flexibility index (Phi) is 5.52. The Morgan fingerprint density at radius 3 is 2.50 bits per heavy atom. The third-order valence-corrected chi connectivity index (χ3v) is 4.82. The highest BCUT2D eigenvalue weighted by Crippen LogP contribution is 2.34. The van der Waals surface area contributed by atoms with Crippen molar-refractivity contribution in [3.05, 3.63) is 24.3 Å². The number of nitrogen functional groups attached to an aromatic ring is 1. The molecular formula is C14H20N2O5S. The van der Waals surface area contributed by atoms with Crippen molar-refractivity contribution in [1.82, 2.24) is 5.32 Å². The molecule has 8 heteroatoms. The van der Waals surface area contributed by atoms with Gasteiger partial charge in [0, 0.05) is 12.6 Å². The Hall–Kier alpha value is -1.48. The van der Waals surface area contributed by atoms with Crippen LogP contribution in [0.2, 0.25) is 0 Å². The summed E-state index contributed by atoms with van der Waals surface area (Å²) >= 11 is 1.16. The van der Waals surface area contributed by atoms with Crippen LogP contribution in [0.4, 0.5) is 5.69 Å². The van der Waals surface area contributed by atoms with E-state index in [2.05, 4.69) is 5.32 Å². The van der Waals surface area contributed by atoms with Gasteiger partial charge in [-0.2, -0.15) is 0 Å². The number of aliphatic hydroxyl groups excluding tert-OH is 3. The van der Waals surface area contributed by atoms with Crippen LogP contribution in [0.15, 0.2) is 24.3 Å². The third kappa shape index (κ3) is 3.83. The predicted molar refractivity (Wildman–Crippen MR) is 83.4 cm³/mol. The lowest BCUT2D eigenvalue weighted by atomic mass is 10.0. The van der Waals surface area contributed by atoms with E-state index >= 15 is 0 Å². The van der Waals surface area contributed by atoms with Gasteiger partial charge in [-0.1, -0.05) is 0 Å². The average Bonchev–Trinajstić information content (AvgIpc) is 2.48. The molecule has 0 radical (unpaired) electrons. The van der Waals surface area contributed by atoms with Crippen molar-refractivity contribution in [2.45, 2.75) is 35.9 Å². The number of anilines is 1. The van der Waals surface area contributed by atoms with Gasteiger partial charge in [-0.25, -0.2) is 0 Å². The smallest absolute Gasteiger partial charge is 0.217 e. The largest absolute Gasteiger partial charge is 0.478 e. The van der Waals surface area contributed by atoms with Crippen LogP contribution in [0.5, 0.6) is 5.75 Å². The molecule has 1 aromatic carbocycles. The number of thioether (sulfide) groups is 1. The fourth-order valence-corrected chi connectivity index (χ4v) is 3.57. The van der Waals surface area contributed by atoms with Crippen molar-refractivity contribution >= 4 is 23.4 Å². The highest BCUT2D eigenvalue weighted by molar-refractivity contribution is 8.00. The van der Waals surface area contributed by atoms with Crippen molar-refractivity contribution in [1.29, 1.82) is 0 Å². The maximum Gasteiger partial charge on any atom is 0.217 e. The SMILES string of the molecule is CC(=O)N[C@@H]1[C@@H](O)[C@H](O)[C@@H](CO)S[C@H]1Oc1ccc(N)cc1. The van der Waals surface area contributed by atoms with E-state index in [4.69, 9.17) is 10.5 Å². The van der Waals surface area contributed by atoms with Gasteiger partial charge in [0.15, 0.2) is 5.44 Å². The minimum Gasteiger partial charge on any atom is -0.478 e. The zero-order chi connectivity index (χ0) is 16.3. The summed E-state index contributed by atoms with van der Waals surface area (Å²) in [5.74, 6) is 0.174. The summed E-state index contributed by atoms with van der Waals surface area (Å²) in [4.78, 5) is 11.3. The Balaban J connectivity index is 2.18. The Bertz CT molecular complexity index is 512. The number of rotatable bonds is 4. The molecule has 0 unspecified atom stereocenters. The minimum absolute atomic E-state index is 0.308. The third-order valence-electron chi connectivity index (χ3n) is 3.38. The summed E-state index contributed by atoms with van der Waals surface area (Å²) in [6.07, 6.45) is -2.39. The number of amides is 1. The van der Waals surface area contributed by atoms with E-state index in [0.717, 1.165) is 11.8 Å². The molecule has 5 atom stereocenters. The molecule has 2 rings (SSSR count). The minimum atomic E-state index is -1.24. The predicted octanol–water partition coefficient (Wildman–Crippen LogP) is -0.692. The lowest BCUT2D eigenvalue weighted by molar-refractivity contribution is -0.122. The Morgan fingerprint density at radius 2 is 1.95 bits per heavy atom. The number of nitrogens with one attached hydrogen (secondary N) is 1. The van der Waals surface area contributed by atoms with Crippen molar-refractivity contribution in [2.24, 2.45) is 0 Å². The highest BCUT2D eigenvalue weighted by atomic mass is 32.2. The number of benzene rings is 1. The molecule has 22 heavy (non-hydrogen) atoms. The first kappa shape index (κ1) is 16.9. The van der Waals surface area contributed by atoms with Crippen molar-refractivity contribution in [3.8, 4) is 5.75 Å². The first-order valence-electron chi connectivity index (χ1n) is 6.84. The van der Waals surface area contributed by atoms with E-state index in [9.17, 15) is 20.1 Å². The van der Waals surface area contributed by atoms with Gasteiger partial charge in [0.25, 0.3) is 0 Å². The van der Waals surface area contributed by atoms with Gasteiger partial charge in [0.1, 0.15) is 17.9 Å². The van der Waals surface area contributed by atoms with E-state index in [-0.39, 0.29) is 12.5 Å². The molecule has 122 valence electrons. The first-order valence-corrected chi connectivity index (χ1v) is 7.78. The number of carbonyl (C=O) groups is 1. The summed E-state index contributed by atoms with van der Waals surface area (Å²) in [6, 6.07) is 5.90. The summed E-state index contributed by atoms with van der Waals surface area (Å²) in [5.41, 5.74) is 5.55. The van der Waals surface area contributed by atoms with Gasteiger partial charge in [-0.3, -0.25) is 4.79 Å². The van der Waals surface area contributed by atoms with E-state index in [1.54, 1.807) is 24.3 Å². The van der Waals surface area contributed by atoms with Gasteiger partial charge < -0.3 is 31.1 Å². The van der Waals surface area contributed by atoms with Crippen LogP contribution < -0.4 is 15.8 Å². The van der Waals surface area contributed by atoms with Gasteiger partial charge >= 0.3 is 0 Å². The van der Waals surface area contributed by atoms with Crippen LogP contribution in [0.25, 0.3) is 0 Å².